The molecule has 3 atom stereocenters. The predicted molar refractivity (Wildman–Crippen MR) is 88.3 cm³/mol. The Labute approximate surface area is 134 Å². The van der Waals surface area contributed by atoms with Crippen molar-refractivity contribution in [3.63, 3.8) is 0 Å². The Morgan fingerprint density at radius 2 is 2.05 bits per heavy atom. The fraction of sp³-hybridized carbons (Fsp3) is 0.632. The van der Waals surface area contributed by atoms with E-state index in [9.17, 15) is 4.79 Å². The minimum atomic E-state index is -0.0478. The second-order valence-electron chi connectivity index (χ2n) is 6.58. The summed E-state index contributed by atoms with van der Waals surface area (Å²) in [5, 5.41) is 0. The molecule has 1 saturated carbocycles. The van der Waals surface area contributed by atoms with Gasteiger partial charge in [0, 0.05) is 0 Å². The number of hydrogen-bond donors (Lipinski definition) is 0. The topological polar surface area (TPSA) is 35.5 Å². The van der Waals surface area contributed by atoms with Crippen LogP contribution >= 0.6 is 0 Å². The number of carbonyl (C=O) groups is 1. The van der Waals surface area contributed by atoms with Gasteiger partial charge in [0.1, 0.15) is 5.75 Å². The van der Waals surface area contributed by atoms with E-state index in [2.05, 4.69) is 39.8 Å². The fourth-order valence-electron chi connectivity index (χ4n) is 3.24. The SMILES string of the molecule is CCCOc1cc(C)c(C(C)CC2CC2C(=O)OC)cc1C. The first-order chi connectivity index (χ1) is 10.5. The van der Waals surface area contributed by atoms with Crippen LogP contribution in [0.2, 0.25) is 0 Å². The zero-order valence-electron chi connectivity index (χ0n) is 14.4. The van der Waals surface area contributed by atoms with Crippen molar-refractivity contribution in [2.75, 3.05) is 13.7 Å². The van der Waals surface area contributed by atoms with Crippen LogP contribution < -0.4 is 4.74 Å². The van der Waals surface area contributed by atoms with Gasteiger partial charge in [-0.15, -0.1) is 0 Å². The van der Waals surface area contributed by atoms with Crippen molar-refractivity contribution in [1.29, 1.82) is 0 Å². The number of rotatable bonds is 7. The van der Waals surface area contributed by atoms with E-state index < -0.39 is 0 Å². The summed E-state index contributed by atoms with van der Waals surface area (Å²) in [6, 6.07) is 4.40. The molecule has 0 radical (unpaired) electrons. The summed E-state index contributed by atoms with van der Waals surface area (Å²) in [5.74, 6) is 2.01. The molecule has 22 heavy (non-hydrogen) atoms. The Bertz CT molecular complexity index is 536. The molecular formula is C19H28O3. The van der Waals surface area contributed by atoms with Gasteiger partial charge in [0.2, 0.25) is 0 Å². The van der Waals surface area contributed by atoms with Gasteiger partial charge < -0.3 is 9.47 Å². The van der Waals surface area contributed by atoms with Crippen molar-refractivity contribution in [2.45, 2.75) is 52.9 Å². The van der Waals surface area contributed by atoms with Gasteiger partial charge in [0.25, 0.3) is 0 Å². The van der Waals surface area contributed by atoms with E-state index in [0.29, 0.717) is 11.8 Å². The Morgan fingerprint density at radius 3 is 2.68 bits per heavy atom. The third-order valence-corrected chi connectivity index (χ3v) is 4.64. The molecule has 0 saturated heterocycles. The van der Waals surface area contributed by atoms with Gasteiger partial charge in [-0.25, -0.2) is 0 Å². The molecule has 0 heterocycles. The summed E-state index contributed by atoms with van der Waals surface area (Å²) in [6.45, 7) is 9.38. The van der Waals surface area contributed by atoms with Crippen molar-refractivity contribution in [1.82, 2.24) is 0 Å². The van der Waals surface area contributed by atoms with E-state index in [-0.39, 0.29) is 11.9 Å². The molecule has 0 amide bonds. The van der Waals surface area contributed by atoms with Crippen LogP contribution in [0.4, 0.5) is 0 Å². The smallest absolute Gasteiger partial charge is 0.308 e. The minimum absolute atomic E-state index is 0.0478. The van der Waals surface area contributed by atoms with Gasteiger partial charge in [0.05, 0.1) is 19.6 Å². The largest absolute Gasteiger partial charge is 0.493 e. The highest BCUT2D eigenvalue weighted by Gasteiger charge is 2.44. The number of ether oxygens (including phenoxy) is 2. The summed E-state index contributed by atoms with van der Waals surface area (Å²) >= 11 is 0. The summed E-state index contributed by atoms with van der Waals surface area (Å²) in [5.41, 5.74) is 3.84. The monoisotopic (exact) mass is 304 g/mol. The first kappa shape index (κ1) is 16.9. The van der Waals surface area contributed by atoms with Gasteiger partial charge in [-0.2, -0.15) is 0 Å². The zero-order valence-corrected chi connectivity index (χ0v) is 14.4. The maximum absolute atomic E-state index is 11.5. The highest BCUT2D eigenvalue weighted by Crippen LogP contribution is 2.46. The summed E-state index contributed by atoms with van der Waals surface area (Å²) in [7, 11) is 1.48. The van der Waals surface area contributed by atoms with Gasteiger partial charge in [-0.05, 0) is 67.7 Å². The first-order valence-corrected chi connectivity index (χ1v) is 8.29. The second kappa shape index (κ2) is 7.17. The van der Waals surface area contributed by atoms with Gasteiger partial charge in [-0.1, -0.05) is 19.9 Å². The van der Waals surface area contributed by atoms with Crippen molar-refractivity contribution in [2.24, 2.45) is 11.8 Å². The van der Waals surface area contributed by atoms with Crippen LogP contribution in [0.15, 0.2) is 12.1 Å². The van der Waals surface area contributed by atoms with Crippen molar-refractivity contribution >= 4 is 5.97 Å². The lowest BCUT2D eigenvalue weighted by Gasteiger charge is -2.18. The molecule has 1 fully saturated rings. The van der Waals surface area contributed by atoms with Crippen LogP contribution in [0.25, 0.3) is 0 Å². The number of benzene rings is 1. The molecule has 3 heteroatoms. The lowest BCUT2D eigenvalue weighted by atomic mass is 9.90. The lowest BCUT2D eigenvalue weighted by molar-refractivity contribution is -0.142. The number of carbonyl (C=O) groups excluding carboxylic acids is 1. The van der Waals surface area contributed by atoms with Crippen molar-refractivity contribution < 1.29 is 14.3 Å². The quantitative estimate of drug-likeness (QED) is 0.701. The molecule has 0 aromatic heterocycles. The van der Waals surface area contributed by atoms with Crippen LogP contribution in [-0.2, 0) is 9.53 Å². The van der Waals surface area contributed by atoms with E-state index in [1.807, 2.05) is 0 Å². The van der Waals surface area contributed by atoms with Crippen LogP contribution in [0.1, 0.15) is 55.7 Å². The normalized spacial score (nSPS) is 21.3. The molecular weight excluding hydrogens is 276 g/mol. The van der Waals surface area contributed by atoms with Gasteiger partial charge >= 0.3 is 5.97 Å². The average molecular weight is 304 g/mol. The highest BCUT2D eigenvalue weighted by atomic mass is 16.5. The molecule has 1 aliphatic rings. The van der Waals surface area contributed by atoms with E-state index in [4.69, 9.17) is 9.47 Å². The van der Waals surface area contributed by atoms with Gasteiger partial charge in [-0.3, -0.25) is 4.79 Å². The Balaban J connectivity index is 2.02. The third-order valence-electron chi connectivity index (χ3n) is 4.64. The van der Waals surface area contributed by atoms with E-state index >= 15 is 0 Å². The first-order valence-electron chi connectivity index (χ1n) is 8.29. The standard InChI is InChI=1S/C19H28O3/c1-6-7-22-18-10-13(3)16(9-14(18)4)12(2)8-15-11-17(15)19(20)21-5/h9-10,12,15,17H,6-8,11H2,1-5H3. The second-order valence-corrected chi connectivity index (χ2v) is 6.58. The highest BCUT2D eigenvalue weighted by molar-refractivity contribution is 5.75. The average Bonchev–Trinajstić information content (AvgIpc) is 3.25. The molecule has 0 spiro atoms. The van der Waals surface area contributed by atoms with E-state index in [1.54, 1.807) is 0 Å². The summed E-state index contributed by atoms with van der Waals surface area (Å²) in [4.78, 5) is 11.5. The van der Waals surface area contributed by atoms with Gasteiger partial charge in [0.15, 0.2) is 0 Å². The van der Waals surface area contributed by atoms with Crippen molar-refractivity contribution in [3.8, 4) is 5.75 Å². The third kappa shape index (κ3) is 3.82. The van der Waals surface area contributed by atoms with Crippen LogP contribution in [0.5, 0.6) is 5.75 Å². The molecule has 122 valence electrons. The number of hydrogen-bond acceptors (Lipinski definition) is 3. The fourth-order valence-corrected chi connectivity index (χ4v) is 3.24. The molecule has 2 rings (SSSR count). The molecule has 1 aliphatic carbocycles. The number of aryl methyl sites for hydroxylation is 2. The lowest BCUT2D eigenvalue weighted by Crippen LogP contribution is -2.07. The van der Waals surface area contributed by atoms with E-state index in [0.717, 1.165) is 31.6 Å². The number of esters is 1. The molecule has 0 N–H and O–H groups in total. The minimum Gasteiger partial charge on any atom is -0.493 e. The van der Waals surface area contributed by atoms with Crippen LogP contribution in [0, 0.1) is 25.7 Å². The molecule has 0 aliphatic heterocycles. The maximum atomic E-state index is 11.5. The molecule has 1 aromatic rings. The van der Waals surface area contributed by atoms with E-state index in [1.165, 1.54) is 23.8 Å². The molecule has 0 bridgehead atoms. The zero-order chi connectivity index (χ0) is 16.3. The Kier molecular flexibility index (Phi) is 5.49. The van der Waals surface area contributed by atoms with Crippen molar-refractivity contribution in [3.05, 3.63) is 28.8 Å². The van der Waals surface area contributed by atoms with Crippen LogP contribution in [-0.4, -0.2) is 19.7 Å². The summed E-state index contributed by atoms with van der Waals surface area (Å²) in [6.07, 6.45) is 3.05. The Morgan fingerprint density at radius 1 is 1.32 bits per heavy atom. The Hall–Kier alpha value is -1.51. The molecule has 3 unspecified atom stereocenters. The molecule has 1 aromatic carbocycles. The predicted octanol–water partition coefficient (Wildman–Crippen LogP) is 4.39. The summed E-state index contributed by atoms with van der Waals surface area (Å²) < 4.78 is 10.6. The van der Waals surface area contributed by atoms with Crippen LogP contribution in [0.3, 0.4) is 0 Å². The molecule has 3 nitrogen and oxygen atoms in total. The maximum Gasteiger partial charge on any atom is 0.308 e. The number of methoxy groups -OCH3 is 1.